The molecule has 2 N–H and O–H groups in total. The zero-order chi connectivity index (χ0) is 13.0. The van der Waals surface area contributed by atoms with Crippen LogP contribution in [0.4, 0.5) is 4.39 Å². The van der Waals surface area contributed by atoms with E-state index in [1.807, 2.05) is 12.1 Å². The Morgan fingerprint density at radius 2 is 2.11 bits per heavy atom. The number of piperidine rings is 1. The minimum atomic E-state index is -0.180. The van der Waals surface area contributed by atoms with E-state index in [0.29, 0.717) is 12.5 Å². The number of nitrogens with two attached hydrogens (primary N) is 1. The lowest BCUT2D eigenvalue weighted by molar-refractivity contribution is 0.175. The molecule has 0 spiro atoms. The Hall–Kier alpha value is -0.930. The molecule has 1 aromatic rings. The van der Waals surface area contributed by atoms with Crippen molar-refractivity contribution in [1.82, 2.24) is 4.90 Å². The predicted molar refractivity (Wildman–Crippen MR) is 73.0 cm³/mol. The topological polar surface area (TPSA) is 29.3 Å². The van der Waals surface area contributed by atoms with Crippen LogP contribution in [0.2, 0.25) is 0 Å². The molecular weight excluding hydrogens is 227 g/mol. The molecule has 1 aliphatic heterocycles. The third kappa shape index (κ3) is 3.53. The van der Waals surface area contributed by atoms with Gasteiger partial charge in [0.25, 0.3) is 0 Å². The van der Waals surface area contributed by atoms with E-state index in [1.54, 1.807) is 0 Å². The van der Waals surface area contributed by atoms with E-state index in [9.17, 15) is 4.39 Å². The van der Waals surface area contributed by atoms with Crippen LogP contribution in [-0.4, -0.2) is 31.1 Å². The van der Waals surface area contributed by atoms with Crippen molar-refractivity contribution in [1.29, 1.82) is 0 Å². The summed E-state index contributed by atoms with van der Waals surface area (Å²) in [6, 6.07) is 6.77. The van der Waals surface area contributed by atoms with Crippen LogP contribution < -0.4 is 5.73 Å². The summed E-state index contributed by atoms with van der Waals surface area (Å²) in [5, 5.41) is 0. The number of nitrogens with zero attached hydrogens (tertiary/aromatic N) is 1. The second kappa shape index (κ2) is 6.30. The van der Waals surface area contributed by atoms with Crippen LogP contribution in [0.3, 0.4) is 0 Å². The van der Waals surface area contributed by atoms with Gasteiger partial charge in [0, 0.05) is 25.6 Å². The highest BCUT2D eigenvalue weighted by molar-refractivity contribution is 5.21. The van der Waals surface area contributed by atoms with Gasteiger partial charge in [-0.3, -0.25) is 0 Å². The number of benzene rings is 1. The molecule has 0 radical (unpaired) electrons. The Labute approximate surface area is 109 Å². The molecule has 2 rings (SSSR count). The number of halogens is 1. The van der Waals surface area contributed by atoms with Crippen molar-refractivity contribution in [3.05, 3.63) is 35.6 Å². The van der Waals surface area contributed by atoms with Gasteiger partial charge in [0.05, 0.1) is 0 Å². The van der Waals surface area contributed by atoms with Crippen LogP contribution in [0.15, 0.2) is 24.3 Å². The summed E-state index contributed by atoms with van der Waals surface area (Å²) >= 11 is 0. The molecule has 100 valence electrons. The highest BCUT2D eigenvalue weighted by Crippen LogP contribution is 2.21. The molecule has 1 aromatic carbocycles. The normalized spacial score (nSPS) is 22.9. The standard InChI is InChI=1S/C15H23FN2/c1-12-3-2-8-18(10-12)11-14(9-17)13-4-6-15(16)7-5-13/h4-7,12,14H,2-3,8-11,17H2,1H3. The maximum absolute atomic E-state index is 12.9. The van der Waals surface area contributed by atoms with Crippen molar-refractivity contribution >= 4 is 0 Å². The smallest absolute Gasteiger partial charge is 0.123 e. The van der Waals surface area contributed by atoms with Crippen LogP contribution in [0, 0.1) is 11.7 Å². The van der Waals surface area contributed by atoms with E-state index < -0.39 is 0 Å². The second-order valence-corrected chi connectivity index (χ2v) is 5.49. The van der Waals surface area contributed by atoms with Gasteiger partial charge in [-0.25, -0.2) is 4.39 Å². The first kappa shape index (κ1) is 13.5. The van der Waals surface area contributed by atoms with E-state index in [1.165, 1.54) is 31.5 Å². The Kier molecular flexibility index (Phi) is 4.72. The summed E-state index contributed by atoms with van der Waals surface area (Å²) in [4.78, 5) is 2.50. The van der Waals surface area contributed by atoms with Crippen LogP contribution >= 0.6 is 0 Å². The van der Waals surface area contributed by atoms with Gasteiger partial charge in [-0.1, -0.05) is 19.1 Å². The molecule has 1 heterocycles. The summed E-state index contributed by atoms with van der Waals surface area (Å²) in [6.07, 6.45) is 2.61. The van der Waals surface area contributed by atoms with Crippen molar-refractivity contribution < 1.29 is 4.39 Å². The highest BCUT2D eigenvalue weighted by atomic mass is 19.1. The molecule has 0 saturated carbocycles. The number of hydrogen-bond donors (Lipinski definition) is 1. The van der Waals surface area contributed by atoms with E-state index >= 15 is 0 Å². The molecule has 2 unspecified atom stereocenters. The average molecular weight is 250 g/mol. The zero-order valence-corrected chi connectivity index (χ0v) is 11.1. The van der Waals surface area contributed by atoms with Crippen molar-refractivity contribution in [2.45, 2.75) is 25.7 Å². The fourth-order valence-corrected chi connectivity index (χ4v) is 2.82. The molecule has 1 saturated heterocycles. The lowest BCUT2D eigenvalue weighted by atomic mass is 9.95. The first-order valence-corrected chi connectivity index (χ1v) is 6.87. The minimum absolute atomic E-state index is 0.180. The summed E-state index contributed by atoms with van der Waals surface area (Å²) in [6.45, 7) is 6.25. The summed E-state index contributed by atoms with van der Waals surface area (Å²) < 4.78 is 12.9. The maximum Gasteiger partial charge on any atom is 0.123 e. The highest BCUT2D eigenvalue weighted by Gasteiger charge is 2.20. The van der Waals surface area contributed by atoms with Crippen molar-refractivity contribution in [3.63, 3.8) is 0 Å². The fourth-order valence-electron chi connectivity index (χ4n) is 2.82. The van der Waals surface area contributed by atoms with Gasteiger partial charge >= 0.3 is 0 Å². The lowest BCUT2D eigenvalue weighted by Crippen LogP contribution is -2.38. The predicted octanol–water partition coefficient (Wildman–Crippen LogP) is 2.60. The van der Waals surface area contributed by atoms with Crippen molar-refractivity contribution in [3.8, 4) is 0 Å². The third-order valence-electron chi connectivity index (χ3n) is 3.85. The molecule has 2 atom stereocenters. The van der Waals surface area contributed by atoms with Crippen LogP contribution in [0.25, 0.3) is 0 Å². The van der Waals surface area contributed by atoms with Gasteiger partial charge in [0.1, 0.15) is 5.82 Å². The Bertz CT molecular complexity index is 363. The molecule has 1 fully saturated rings. The van der Waals surface area contributed by atoms with E-state index in [-0.39, 0.29) is 5.82 Å². The molecule has 0 bridgehead atoms. The molecule has 0 aromatic heterocycles. The first-order valence-electron chi connectivity index (χ1n) is 6.87. The van der Waals surface area contributed by atoms with Gasteiger partial charge in [-0.15, -0.1) is 0 Å². The molecule has 18 heavy (non-hydrogen) atoms. The van der Waals surface area contributed by atoms with Crippen LogP contribution in [0.5, 0.6) is 0 Å². The van der Waals surface area contributed by atoms with E-state index in [4.69, 9.17) is 5.73 Å². The molecule has 2 nitrogen and oxygen atoms in total. The molecule has 1 aliphatic rings. The minimum Gasteiger partial charge on any atom is -0.330 e. The van der Waals surface area contributed by atoms with Gasteiger partial charge in [0.15, 0.2) is 0 Å². The molecular formula is C15H23FN2. The third-order valence-corrected chi connectivity index (χ3v) is 3.85. The van der Waals surface area contributed by atoms with E-state index in [2.05, 4.69) is 11.8 Å². The fraction of sp³-hybridized carbons (Fsp3) is 0.600. The maximum atomic E-state index is 12.9. The van der Waals surface area contributed by atoms with Crippen LogP contribution in [0.1, 0.15) is 31.2 Å². The molecule has 0 aliphatic carbocycles. The van der Waals surface area contributed by atoms with Gasteiger partial charge < -0.3 is 10.6 Å². The zero-order valence-electron chi connectivity index (χ0n) is 11.1. The summed E-state index contributed by atoms with van der Waals surface area (Å²) in [5.41, 5.74) is 7.02. The van der Waals surface area contributed by atoms with Crippen molar-refractivity contribution in [2.24, 2.45) is 11.7 Å². The van der Waals surface area contributed by atoms with Crippen LogP contribution in [-0.2, 0) is 0 Å². The Morgan fingerprint density at radius 1 is 1.39 bits per heavy atom. The van der Waals surface area contributed by atoms with Crippen molar-refractivity contribution in [2.75, 3.05) is 26.2 Å². The number of likely N-dealkylation sites (tertiary alicyclic amines) is 1. The van der Waals surface area contributed by atoms with Gasteiger partial charge in [-0.05, 0) is 43.0 Å². The number of rotatable bonds is 4. The van der Waals surface area contributed by atoms with E-state index in [0.717, 1.165) is 24.6 Å². The molecule has 3 heteroatoms. The summed E-state index contributed by atoms with van der Waals surface area (Å²) in [7, 11) is 0. The first-order chi connectivity index (χ1) is 8.69. The van der Waals surface area contributed by atoms with Gasteiger partial charge in [-0.2, -0.15) is 0 Å². The Balaban J connectivity index is 1.98. The largest absolute Gasteiger partial charge is 0.330 e. The monoisotopic (exact) mass is 250 g/mol. The average Bonchev–Trinajstić information content (AvgIpc) is 2.37. The molecule has 0 amide bonds. The lowest BCUT2D eigenvalue weighted by Gasteiger charge is -2.33. The Morgan fingerprint density at radius 3 is 2.72 bits per heavy atom. The van der Waals surface area contributed by atoms with Gasteiger partial charge in [0.2, 0.25) is 0 Å². The SMILES string of the molecule is CC1CCCN(CC(CN)c2ccc(F)cc2)C1. The quantitative estimate of drug-likeness (QED) is 0.890. The second-order valence-electron chi connectivity index (χ2n) is 5.49. The number of hydrogen-bond acceptors (Lipinski definition) is 2. The summed E-state index contributed by atoms with van der Waals surface area (Å²) in [5.74, 6) is 0.919.